The van der Waals surface area contributed by atoms with Gasteiger partial charge in [0.05, 0.1) is 37.8 Å². The van der Waals surface area contributed by atoms with Crippen molar-refractivity contribution in [2.45, 2.75) is 6.54 Å². The minimum atomic E-state index is 0.581. The van der Waals surface area contributed by atoms with Crippen LogP contribution >= 0.6 is 0 Å². The third-order valence-electron chi connectivity index (χ3n) is 3.23. The molecule has 6 heteroatoms. The van der Waals surface area contributed by atoms with E-state index in [0.29, 0.717) is 12.5 Å². The highest BCUT2D eigenvalue weighted by atomic mass is 16.5. The van der Waals surface area contributed by atoms with Gasteiger partial charge in [0.1, 0.15) is 0 Å². The van der Waals surface area contributed by atoms with E-state index in [1.54, 1.807) is 6.33 Å². The van der Waals surface area contributed by atoms with Crippen LogP contribution in [0.25, 0.3) is 5.52 Å². The molecule has 0 bridgehead atoms. The SMILES string of the molecule is NC(=NCc1ccc2cncn2c1)N1CCOCC1. The second kappa shape index (κ2) is 5.27. The summed E-state index contributed by atoms with van der Waals surface area (Å²) in [5.74, 6) is 0.592. The van der Waals surface area contributed by atoms with Gasteiger partial charge in [0.15, 0.2) is 5.96 Å². The summed E-state index contributed by atoms with van der Waals surface area (Å²) in [6.45, 7) is 3.65. The number of aliphatic imine (C=N–C) groups is 1. The fourth-order valence-electron chi connectivity index (χ4n) is 2.12. The summed E-state index contributed by atoms with van der Waals surface area (Å²) in [4.78, 5) is 10.6. The topological polar surface area (TPSA) is 68.1 Å². The summed E-state index contributed by atoms with van der Waals surface area (Å²) < 4.78 is 7.27. The first-order valence-corrected chi connectivity index (χ1v) is 6.36. The van der Waals surface area contributed by atoms with Crippen LogP contribution in [0.2, 0.25) is 0 Å². The van der Waals surface area contributed by atoms with Crippen molar-refractivity contribution in [1.82, 2.24) is 14.3 Å². The number of guanidine groups is 1. The van der Waals surface area contributed by atoms with Crippen LogP contribution < -0.4 is 5.73 Å². The summed E-state index contributed by atoms with van der Waals surface area (Å²) in [7, 11) is 0. The lowest BCUT2D eigenvalue weighted by molar-refractivity contribution is 0.0674. The van der Waals surface area contributed by atoms with Crippen LogP contribution in [0.5, 0.6) is 0 Å². The number of rotatable bonds is 2. The Morgan fingerprint density at radius 2 is 2.21 bits per heavy atom. The van der Waals surface area contributed by atoms with Gasteiger partial charge < -0.3 is 19.8 Å². The molecule has 6 nitrogen and oxygen atoms in total. The van der Waals surface area contributed by atoms with E-state index in [0.717, 1.165) is 37.4 Å². The molecule has 100 valence electrons. The quantitative estimate of drug-likeness (QED) is 0.629. The number of imidazole rings is 1. The lowest BCUT2D eigenvalue weighted by Crippen LogP contribution is -2.44. The number of nitrogens with zero attached hydrogens (tertiary/aromatic N) is 4. The van der Waals surface area contributed by atoms with Crippen molar-refractivity contribution < 1.29 is 4.74 Å². The fraction of sp³-hybridized carbons (Fsp3) is 0.385. The van der Waals surface area contributed by atoms with E-state index in [-0.39, 0.29) is 0 Å². The van der Waals surface area contributed by atoms with Crippen LogP contribution in [-0.2, 0) is 11.3 Å². The highest BCUT2D eigenvalue weighted by Crippen LogP contribution is 2.07. The zero-order valence-corrected chi connectivity index (χ0v) is 10.7. The van der Waals surface area contributed by atoms with Crippen LogP contribution in [-0.4, -0.2) is 46.5 Å². The van der Waals surface area contributed by atoms with E-state index in [1.165, 1.54) is 0 Å². The Kier molecular flexibility index (Phi) is 3.33. The molecular formula is C13H17N5O. The molecule has 3 heterocycles. The molecule has 0 amide bonds. The molecule has 0 spiro atoms. The number of hydrogen-bond acceptors (Lipinski definition) is 3. The Labute approximate surface area is 111 Å². The molecule has 0 radical (unpaired) electrons. The zero-order valence-electron chi connectivity index (χ0n) is 10.7. The molecule has 0 saturated carbocycles. The number of ether oxygens (including phenoxy) is 1. The maximum absolute atomic E-state index is 5.99. The summed E-state index contributed by atoms with van der Waals surface area (Å²) in [6, 6.07) is 4.08. The molecule has 2 aromatic rings. The largest absolute Gasteiger partial charge is 0.378 e. The molecule has 2 N–H and O–H groups in total. The molecule has 1 fully saturated rings. The van der Waals surface area contributed by atoms with Crippen LogP contribution in [0, 0.1) is 0 Å². The monoisotopic (exact) mass is 259 g/mol. The molecule has 2 aromatic heterocycles. The van der Waals surface area contributed by atoms with Gasteiger partial charge in [-0.25, -0.2) is 9.98 Å². The van der Waals surface area contributed by atoms with Crippen LogP contribution in [0.4, 0.5) is 0 Å². The summed E-state index contributed by atoms with van der Waals surface area (Å²) in [6.07, 6.45) is 5.64. The van der Waals surface area contributed by atoms with Crippen molar-refractivity contribution in [2.75, 3.05) is 26.3 Å². The predicted molar refractivity (Wildman–Crippen MR) is 72.9 cm³/mol. The molecule has 0 unspecified atom stereocenters. The first kappa shape index (κ1) is 12.0. The van der Waals surface area contributed by atoms with Gasteiger partial charge in [-0.3, -0.25) is 0 Å². The van der Waals surface area contributed by atoms with Crippen molar-refractivity contribution in [2.24, 2.45) is 10.7 Å². The highest BCUT2D eigenvalue weighted by molar-refractivity contribution is 5.78. The molecule has 0 atom stereocenters. The van der Waals surface area contributed by atoms with Crippen molar-refractivity contribution in [3.8, 4) is 0 Å². The van der Waals surface area contributed by atoms with Gasteiger partial charge in [-0.15, -0.1) is 0 Å². The molecule has 1 saturated heterocycles. The molecule has 1 aliphatic heterocycles. The molecule has 1 aliphatic rings. The second-order valence-corrected chi connectivity index (χ2v) is 4.54. The number of morpholine rings is 1. The van der Waals surface area contributed by atoms with Crippen molar-refractivity contribution >= 4 is 11.5 Å². The van der Waals surface area contributed by atoms with Crippen molar-refractivity contribution in [3.63, 3.8) is 0 Å². The van der Waals surface area contributed by atoms with Crippen LogP contribution in [0.1, 0.15) is 5.56 Å². The Hall–Kier alpha value is -2.08. The van der Waals surface area contributed by atoms with Crippen LogP contribution in [0.3, 0.4) is 0 Å². The molecular weight excluding hydrogens is 242 g/mol. The first-order chi connectivity index (χ1) is 9.33. The molecule has 0 aromatic carbocycles. The second-order valence-electron chi connectivity index (χ2n) is 4.54. The maximum atomic E-state index is 5.99. The number of aromatic nitrogens is 2. The van der Waals surface area contributed by atoms with Gasteiger partial charge in [0.2, 0.25) is 0 Å². The van der Waals surface area contributed by atoms with Gasteiger partial charge in [-0.1, -0.05) is 6.07 Å². The zero-order chi connectivity index (χ0) is 13.1. The molecule has 19 heavy (non-hydrogen) atoms. The summed E-state index contributed by atoms with van der Waals surface area (Å²) in [5, 5.41) is 0. The predicted octanol–water partition coefficient (Wildman–Crippen LogP) is 0.481. The third kappa shape index (κ3) is 2.68. The smallest absolute Gasteiger partial charge is 0.191 e. The van der Waals surface area contributed by atoms with Gasteiger partial charge in [-0.2, -0.15) is 0 Å². The van der Waals surface area contributed by atoms with E-state index in [9.17, 15) is 0 Å². The fourth-order valence-corrected chi connectivity index (χ4v) is 2.12. The van der Waals surface area contributed by atoms with E-state index in [4.69, 9.17) is 10.5 Å². The number of fused-ring (bicyclic) bond motifs is 1. The maximum Gasteiger partial charge on any atom is 0.191 e. The molecule has 0 aliphatic carbocycles. The van der Waals surface area contributed by atoms with E-state index >= 15 is 0 Å². The van der Waals surface area contributed by atoms with E-state index in [2.05, 4.69) is 14.9 Å². The van der Waals surface area contributed by atoms with Gasteiger partial charge >= 0.3 is 0 Å². The van der Waals surface area contributed by atoms with Gasteiger partial charge in [0, 0.05) is 19.3 Å². The third-order valence-corrected chi connectivity index (χ3v) is 3.23. The standard InChI is InChI=1S/C13H17N5O/c14-13(17-3-5-19-6-4-17)16-7-11-1-2-12-8-15-10-18(12)9-11/h1-2,8-10H,3-7H2,(H2,14,16). The average Bonchev–Trinajstić information content (AvgIpc) is 2.93. The lowest BCUT2D eigenvalue weighted by atomic mass is 10.3. The lowest BCUT2D eigenvalue weighted by Gasteiger charge is -2.27. The van der Waals surface area contributed by atoms with E-state index < -0.39 is 0 Å². The number of nitrogens with two attached hydrogens (primary N) is 1. The number of hydrogen-bond donors (Lipinski definition) is 1. The van der Waals surface area contributed by atoms with Gasteiger partial charge in [0.25, 0.3) is 0 Å². The summed E-state index contributed by atoms with van der Waals surface area (Å²) >= 11 is 0. The van der Waals surface area contributed by atoms with Crippen molar-refractivity contribution in [1.29, 1.82) is 0 Å². The van der Waals surface area contributed by atoms with Gasteiger partial charge in [-0.05, 0) is 11.6 Å². The number of pyridine rings is 1. The minimum absolute atomic E-state index is 0.581. The van der Waals surface area contributed by atoms with Crippen LogP contribution in [0.15, 0.2) is 35.8 Å². The summed E-state index contributed by atoms with van der Waals surface area (Å²) in [5.41, 5.74) is 8.18. The Morgan fingerprint density at radius 1 is 1.37 bits per heavy atom. The van der Waals surface area contributed by atoms with Crippen molar-refractivity contribution in [3.05, 3.63) is 36.4 Å². The van der Waals surface area contributed by atoms with E-state index in [1.807, 2.05) is 28.9 Å². The highest BCUT2D eigenvalue weighted by Gasteiger charge is 2.11. The Balaban J connectivity index is 1.69. The minimum Gasteiger partial charge on any atom is -0.378 e. The Morgan fingerprint density at radius 3 is 3.05 bits per heavy atom. The molecule has 3 rings (SSSR count). The normalized spacial score (nSPS) is 17.1. The first-order valence-electron chi connectivity index (χ1n) is 6.36. The Bertz CT molecular complexity index is 585. The average molecular weight is 259 g/mol.